The molecule has 3 N–H and O–H groups in total. The number of nitrogens with one attached hydrogen (secondary N) is 1. The van der Waals surface area contributed by atoms with Crippen LogP contribution in [0.3, 0.4) is 0 Å². The van der Waals surface area contributed by atoms with Gasteiger partial charge in [0.05, 0.1) is 17.3 Å². The molecule has 0 aromatic heterocycles. The number of cyclic esters (lactones) is 1. The molecule has 0 spiro atoms. The first kappa shape index (κ1) is 25.8. The molecule has 1 amide bonds. The zero-order valence-corrected chi connectivity index (χ0v) is 19.8. The number of ether oxygens (including phenoxy) is 1. The zero-order valence-electron chi connectivity index (χ0n) is 19.1. The molecule has 2 aromatic carbocycles. The topological polar surface area (TPSA) is 117 Å². The summed E-state index contributed by atoms with van der Waals surface area (Å²) in [5.74, 6) is -1.97. The van der Waals surface area contributed by atoms with Gasteiger partial charge in [-0.05, 0) is 36.5 Å². The standard InChI is InChI=1S/C26H27ClN2O6/c27-25-20-14-19(29-35-17-23(32)28-16-18-10-6-5-7-11-18)12-8-3-1-2-4-9-13-34-26(33)24(20)21(30)15-22(25)31/h2,4-8,10-12,15,30-31H,1,3,9,13-14,16-17H2,(H,28,32)/b4-2+,12-8+,29-19+. The Hall–Kier alpha value is -3.78. The molecule has 0 radical (unpaired) electrons. The van der Waals surface area contributed by atoms with Crippen LogP contribution in [0.5, 0.6) is 11.5 Å². The lowest BCUT2D eigenvalue weighted by Crippen LogP contribution is -2.26. The molecule has 0 saturated carbocycles. The summed E-state index contributed by atoms with van der Waals surface area (Å²) in [4.78, 5) is 30.1. The van der Waals surface area contributed by atoms with E-state index in [-0.39, 0.29) is 47.4 Å². The number of nitrogens with zero attached hydrogens (tertiary/aromatic N) is 1. The van der Waals surface area contributed by atoms with E-state index in [1.807, 2.05) is 48.6 Å². The number of allylic oxidation sites excluding steroid dienone is 3. The Labute approximate surface area is 208 Å². The first-order valence-electron chi connectivity index (χ1n) is 11.2. The fraction of sp³-hybridized carbons (Fsp3) is 0.269. The van der Waals surface area contributed by atoms with Gasteiger partial charge in [0.25, 0.3) is 5.91 Å². The molecule has 2 aromatic rings. The van der Waals surface area contributed by atoms with Crippen LogP contribution in [-0.4, -0.2) is 41.0 Å². The number of rotatable bonds is 5. The number of carbonyl (C=O) groups is 2. The monoisotopic (exact) mass is 498 g/mol. The van der Waals surface area contributed by atoms with E-state index in [0.717, 1.165) is 24.5 Å². The molecule has 0 fully saturated rings. The maximum absolute atomic E-state index is 12.7. The van der Waals surface area contributed by atoms with Gasteiger partial charge < -0.3 is 25.1 Å². The average Bonchev–Trinajstić information content (AvgIpc) is 2.84. The molecular formula is C26H27ClN2O6. The van der Waals surface area contributed by atoms with Crippen LogP contribution in [0.2, 0.25) is 5.02 Å². The number of aromatic hydroxyl groups is 2. The number of fused-ring (bicyclic) bond motifs is 1. The van der Waals surface area contributed by atoms with Gasteiger partial charge in [-0.3, -0.25) is 4.79 Å². The molecule has 1 aliphatic rings. The molecule has 0 atom stereocenters. The summed E-state index contributed by atoms with van der Waals surface area (Å²) in [6.45, 7) is 0.169. The van der Waals surface area contributed by atoms with E-state index in [0.29, 0.717) is 18.7 Å². The number of carbonyl (C=O) groups excluding carboxylic acids is 2. The lowest BCUT2D eigenvalue weighted by atomic mass is 9.99. The van der Waals surface area contributed by atoms with Crippen LogP contribution in [0.4, 0.5) is 0 Å². The van der Waals surface area contributed by atoms with E-state index in [1.165, 1.54) is 0 Å². The molecule has 0 saturated heterocycles. The van der Waals surface area contributed by atoms with Gasteiger partial charge in [-0.1, -0.05) is 65.3 Å². The van der Waals surface area contributed by atoms with E-state index in [4.69, 9.17) is 21.2 Å². The number of halogens is 1. The highest BCUT2D eigenvalue weighted by Crippen LogP contribution is 2.37. The maximum atomic E-state index is 12.7. The molecule has 1 aliphatic heterocycles. The summed E-state index contributed by atoms with van der Waals surface area (Å²) in [5, 5.41) is 27.1. The van der Waals surface area contributed by atoms with Crippen molar-refractivity contribution >= 4 is 29.2 Å². The van der Waals surface area contributed by atoms with Gasteiger partial charge in [0.15, 0.2) is 6.61 Å². The average molecular weight is 499 g/mol. The number of hydrogen-bond acceptors (Lipinski definition) is 7. The second-order valence-electron chi connectivity index (χ2n) is 7.75. The Kier molecular flexibility index (Phi) is 9.74. The van der Waals surface area contributed by atoms with Crippen molar-refractivity contribution in [3.8, 4) is 11.5 Å². The number of phenolic OH excluding ortho intramolecular Hbond substituents is 2. The van der Waals surface area contributed by atoms with Crippen molar-refractivity contribution in [3.05, 3.63) is 82.4 Å². The van der Waals surface area contributed by atoms with Crippen LogP contribution in [0.1, 0.15) is 40.7 Å². The summed E-state index contributed by atoms with van der Waals surface area (Å²) in [6.07, 6.45) is 9.43. The number of amides is 1. The second kappa shape index (κ2) is 13.2. The van der Waals surface area contributed by atoms with Crippen LogP contribution in [0.25, 0.3) is 0 Å². The fourth-order valence-corrected chi connectivity index (χ4v) is 3.56. The summed E-state index contributed by atoms with van der Waals surface area (Å²) in [6, 6.07) is 10.4. The Balaban J connectivity index is 1.79. The highest BCUT2D eigenvalue weighted by Gasteiger charge is 2.24. The molecule has 0 aliphatic carbocycles. The quantitative estimate of drug-likeness (QED) is 0.319. The molecule has 9 heteroatoms. The van der Waals surface area contributed by atoms with Crippen molar-refractivity contribution < 1.29 is 29.4 Å². The van der Waals surface area contributed by atoms with E-state index >= 15 is 0 Å². The number of phenols is 2. The van der Waals surface area contributed by atoms with Crippen molar-refractivity contribution in [2.75, 3.05) is 13.2 Å². The normalized spacial score (nSPS) is 17.5. The van der Waals surface area contributed by atoms with Gasteiger partial charge in [-0.2, -0.15) is 0 Å². The van der Waals surface area contributed by atoms with Crippen LogP contribution < -0.4 is 5.32 Å². The van der Waals surface area contributed by atoms with Gasteiger partial charge in [0.2, 0.25) is 0 Å². The molecule has 35 heavy (non-hydrogen) atoms. The summed E-state index contributed by atoms with van der Waals surface area (Å²) in [7, 11) is 0. The summed E-state index contributed by atoms with van der Waals surface area (Å²) < 4.78 is 5.27. The van der Waals surface area contributed by atoms with E-state index in [2.05, 4.69) is 10.5 Å². The lowest BCUT2D eigenvalue weighted by molar-refractivity contribution is -0.125. The smallest absolute Gasteiger partial charge is 0.342 e. The Bertz CT molecular complexity index is 1130. The van der Waals surface area contributed by atoms with Crippen molar-refractivity contribution in [3.63, 3.8) is 0 Å². The molecule has 8 nitrogen and oxygen atoms in total. The number of benzene rings is 2. The SMILES string of the molecule is O=C(CO/N=C1\C=C\CC/C=C/CCOC(=O)c2c(O)cc(O)c(Cl)c2C1)NCc1ccccc1. The minimum atomic E-state index is -0.769. The van der Waals surface area contributed by atoms with Gasteiger partial charge in [-0.25, -0.2) is 4.79 Å². The van der Waals surface area contributed by atoms with Crippen LogP contribution in [0, 0.1) is 0 Å². The van der Waals surface area contributed by atoms with Gasteiger partial charge in [0.1, 0.15) is 17.1 Å². The molecule has 0 bridgehead atoms. The second-order valence-corrected chi connectivity index (χ2v) is 8.13. The van der Waals surface area contributed by atoms with E-state index < -0.39 is 11.7 Å². The maximum Gasteiger partial charge on any atom is 0.342 e. The van der Waals surface area contributed by atoms with Crippen LogP contribution >= 0.6 is 11.6 Å². The van der Waals surface area contributed by atoms with Crippen molar-refractivity contribution in [1.29, 1.82) is 0 Å². The fourth-order valence-electron chi connectivity index (χ4n) is 3.34. The van der Waals surface area contributed by atoms with Crippen LogP contribution in [-0.2, 0) is 27.3 Å². The highest BCUT2D eigenvalue weighted by molar-refractivity contribution is 6.33. The minimum absolute atomic E-state index is 0.0524. The predicted molar refractivity (Wildman–Crippen MR) is 133 cm³/mol. The Morgan fingerprint density at radius 2 is 1.83 bits per heavy atom. The van der Waals surface area contributed by atoms with Gasteiger partial charge in [0, 0.05) is 19.0 Å². The first-order valence-corrected chi connectivity index (χ1v) is 11.5. The molecule has 0 unspecified atom stereocenters. The number of hydrogen-bond donors (Lipinski definition) is 3. The largest absolute Gasteiger partial charge is 0.507 e. The van der Waals surface area contributed by atoms with E-state index in [1.54, 1.807) is 6.08 Å². The van der Waals surface area contributed by atoms with Crippen LogP contribution in [0.15, 0.2) is 65.9 Å². The van der Waals surface area contributed by atoms with E-state index in [9.17, 15) is 19.8 Å². The highest BCUT2D eigenvalue weighted by atomic mass is 35.5. The number of oxime groups is 1. The Morgan fingerprint density at radius 3 is 2.63 bits per heavy atom. The Morgan fingerprint density at radius 1 is 1.09 bits per heavy atom. The molecular weight excluding hydrogens is 472 g/mol. The lowest BCUT2D eigenvalue weighted by Gasteiger charge is -2.14. The van der Waals surface area contributed by atoms with Crippen molar-refractivity contribution in [2.45, 2.75) is 32.2 Å². The van der Waals surface area contributed by atoms with Crippen molar-refractivity contribution in [2.24, 2.45) is 5.16 Å². The summed E-state index contributed by atoms with van der Waals surface area (Å²) >= 11 is 6.28. The third kappa shape index (κ3) is 7.89. The number of esters is 1. The minimum Gasteiger partial charge on any atom is -0.507 e. The summed E-state index contributed by atoms with van der Waals surface area (Å²) in [5.41, 5.74) is 1.27. The molecule has 184 valence electrons. The van der Waals surface area contributed by atoms with Gasteiger partial charge in [-0.15, -0.1) is 0 Å². The van der Waals surface area contributed by atoms with Crippen molar-refractivity contribution in [1.82, 2.24) is 5.32 Å². The third-order valence-electron chi connectivity index (χ3n) is 5.09. The zero-order chi connectivity index (χ0) is 25.0. The molecule has 3 rings (SSSR count). The molecule has 1 heterocycles. The first-order chi connectivity index (χ1) is 17.0. The predicted octanol–water partition coefficient (Wildman–Crippen LogP) is 4.44. The van der Waals surface area contributed by atoms with Gasteiger partial charge >= 0.3 is 5.97 Å². The third-order valence-corrected chi connectivity index (χ3v) is 5.51.